The highest BCUT2D eigenvalue weighted by atomic mass is 35.5. The molecule has 0 atom stereocenters. The minimum Gasteiger partial charge on any atom is -0.465 e. The number of hydrogen-bond acceptors (Lipinski definition) is 4. The van der Waals surface area contributed by atoms with Crippen LogP contribution in [0.2, 0.25) is 5.02 Å². The minimum absolute atomic E-state index is 0.173. The molecule has 0 unspecified atom stereocenters. The van der Waals surface area contributed by atoms with Crippen molar-refractivity contribution in [3.8, 4) is 0 Å². The van der Waals surface area contributed by atoms with E-state index < -0.39 is 0 Å². The average molecular weight is 294 g/mol. The van der Waals surface area contributed by atoms with E-state index in [1.165, 1.54) is 23.7 Å². The molecule has 1 saturated carbocycles. The van der Waals surface area contributed by atoms with Gasteiger partial charge in [-0.2, -0.15) is 5.10 Å². The lowest BCUT2D eigenvalue weighted by molar-refractivity contribution is 0.490. The second-order valence-corrected chi connectivity index (χ2v) is 5.57. The van der Waals surface area contributed by atoms with E-state index in [0.29, 0.717) is 29.7 Å². The van der Waals surface area contributed by atoms with E-state index in [1.54, 1.807) is 0 Å². The van der Waals surface area contributed by atoms with Gasteiger partial charge in [-0.05, 0) is 37.8 Å². The Bertz CT molecular complexity index is 673. The van der Waals surface area contributed by atoms with Gasteiger partial charge in [0.15, 0.2) is 0 Å². The number of aromatic nitrogens is 2. The van der Waals surface area contributed by atoms with E-state index >= 15 is 0 Å². The molecule has 106 valence electrons. The van der Waals surface area contributed by atoms with Crippen LogP contribution in [0, 0.1) is 12.8 Å². The molecule has 0 aromatic carbocycles. The molecule has 0 radical (unpaired) electrons. The zero-order chi connectivity index (χ0) is 14.1. The molecular weight excluding hydrogens is 278 g/mol. The minimum atomic E-state index is -0.173. The summed E-state index contributed by atoms with van der Waals surface area (Å²) in [5, 5.41) is 7.47. The Labute approximate surface area is 121 Å². The smallest absolute Gasteiger partial charge is 0.291 e. The Kier molecular flexibility index (Phi) is 3.53. The number of aryl methyl sites for hydroxylation is 1. The third-order valence-electron chi connectivity index (χ3n) is 3.36. The van der Waals surface area contributed by atoms with Gasteiger partial charge in [-0.3, -0.25) is 4.79 Å². The van der Waals surface area contributed by atoms with Crippen LogP contribution < -0.4 is 10.9 Å². The van der Waals surface area contributed by atoms with Crippen molar-refractivity contribution in [1.29, 1.82) is 0 Å². The van der Waals surface area contributed by atoms with Crippen molar-refractivity contribution >= 4 is 17.3 Å². The summed E-state index contributed by atoms with van der Waals surface area (Å²) >= 11 is 6.06. The summed E-state index contributed by atoms with van der Waals surface area (Å²) in [5.74, 6) is 2.19. The van der Waals surface area contributed by atoms with Gasteiger partial charge in [0.25, 0.3) is 5.56 Å². The fourth-order valence-corrected chi connectivity index (χ4v) is 2.25. The number of nitrogens with one attached hydrogen (secondary N) is 1. The van der Waals surface area contributed by atoms with Crippen LogP contribution in [0.1, 0.15) is 24.4 Å². The molecule has 1 aliphatic carbocycles. The largest absolute Gasteiger partial charge is 0.465 e. The van der Waals surface area contributed by atoms with Crippen molar-refractivity contribution in [3.63, 3.8) is 0 Å². The summed E-state index contributed by atoms with van der Waals surface area (Å²) in [6, 6.07) is 3.76. The predicted octanol–water partition coefficient (Wildman–Crippen LogP) is 2.82. The second kappa shape index (κ2) is 5.32. The lowest BCUT2D eigenvalue weighted by atomic mass is 10.3. The highest BCUT2D eigenvalue weighted by Crippen LogP contribution is 2.30. The first-order chi connectivity index (χ1) is 9.63. The van der Waals surface area contributed by atoms with E-state index in [1.807, 2.05) is 19.1 Å². The lowest BCUT2D eigenvalue weighted by Gasteiger charge is -2.09. The molecular formula is C14H16ClN3O2. The Hall–Kier alpha value is -1.75. The van der Waals surface area contributed by atoms with Gasteiger partial charge < -0.3 is 9.73 Å². The number of rotatable bonds is 5. The number of hydrogen-bond donors (Lipinski definition) is 1. The zero-order valence-corrected chi connectivity index (χ0v) is 12.0. The first-order valence-electron chi connectivity index (χ1n) is 6.68. The molecule has 6 heteroatoms. The number of anilines is 1. The Morgan fingerprint density at radius 3 is 2.95 bits per heavy atom. The lowest BCUT2D eigenvalue weighted by Crippen LogP contribution is -2.26. The summed E-state index contributed by atoms with van der Waals surface area (Å²) in [7, 11) is 0. The van der Waals surface area contributed by atoms with Crippen LogP contribution in [0.15, 0.2) is 27.5 Å². The molecule has 0 bridgehead atoms. The number of nitrogens with zero attached hydrogens (tertiary/aromatic N) is 2. The Balaban J connectivity index is 1.78. The van der Waals surface area contributed by atoms with Crippen LogP contribution in [0.25, 0.3) is 0 Å². The maximum atomic E-state index is 12.3. The fourth-order valence-electron chi connectivity index (χ4n) is 2.06. The van der Waals surface area contributed by atoms with Crippen LogP contribution in [0.3, 0.4) is 0 Å². The molecule has 3 rings (SSSR count). The van der Waals surface area contributed by atoms with Gasteiger partial charge in [0.2, 0.25) is 0 Å². The second-order valence-electron chi connectivity index (χ2n) is 5.16. The molecule has 20 heavy (non-hydrogen) atoms. The van der Waals surface area contributed by atoms with E-state index in [2.05, 4.69) is 10.4 Å². The maximum absolute atomic E-state index is 12.3. The number of halogens is 1. The van der Waals surface area contributed by atoms with Crippen LogP contribution >= 0.6 is 11.6 Å². The van der Waals surface area contributed by atoms with Crippen LogP contribution in [-0.4, -0.2) is 9.78 Å². The van der Waals surface area contributed by atoms with Crippen molar-refractivity contribution in [3.05, 3.63) is 45.2 Å². The third-order valence-corrected chi connectivity index (χ3v) is 3.65. The van der Waals surface area contributed by atoms with Crippen molar-refractivity contribution in [2.24, 2.45) is 5.92 Å². The van der Waals surface area contributed by atoms with E-state index in [0.717, 1.165) is 11.5 Å². The molecule has 2 aromatic rings. The summed E-state index contributed by atoms with van der Waals surface area (Å²) in [6.45, 7) is 2.98. The molecule has 1 N–H and O–H groups in total. The normalized spacial score (nSPS) is 14.5. The predicted molar refractivity (Wildman–Crippen MR) is 77.0 cm³/mol. The maximum Gasteiger partial charge on any atom is 0.291 e. The van der Waals surface area contributed by atoms with Crippen LogP contribution in [0.5, 0.6) is 0 Å². The monoisotopic (exact) mass is 293 g/mol. The molecule has 2 aromatic heterocycles. The SMILES string of the molecule is Cc1ccc(CNc2c(Cl)cnn(CC3CC3)c2=O)o1. The van der Waals surface area contributed by atoms with Crippen molar-refractivity contribution in [2.75, 3.05) is 5.32 Å². The summed E-state index contributed by atoms with van der Waals surface area (Å²) in [6.07, 6.45) is 3.86. The van der Waals surface area contributed by atoms with E-state index in [-0.39, 0.29) is 5.56 Å². The topological polar surface area (TPSA) is 60.1 Å². The molecule has 1 fully saturated rings. The van der Waals surface area contributed by atoms with Gasteiger partial charge >= 0.3 is 0 Å². The number of furan rings is 1. The molecule has 1 aliphatic rings. The average Bonchev–Trinajstić information content (AvgIpc) is 3.14. The summed E-state index contributed by atoms with van der Waals surface area (Å²) < 4.78 is 6.95. The van der Waals surface area contributed by atoms with E-state index in [9.17, 15) is 4.79 Å². The highest BCUT2D eigenvalue weighted by molar-refractivity contribution is 6.32. The quantitative estimate of drug-likeness (QED) is 0.921. The van der Waals surface area contributed by atoms with Gasteiger partial charge in [-0.15, -0.1) is 0 Å². The fraction of sp³-hybridized carbons (Fsp3) is 0.429. The van der Waals surface area contributed by atoms with Gasteiger partial charge in [0.1, 0.15) is 17.2 Å². The first-order valence-corrected chi connectivity index (χ1v) is 7.06. The first kappa shape index (κ1) is 13.2. The Morgan fingerprint density at radius 2 is 2.30 bits per heavy atom. The zero-order valence-electron chi connectivity index (χ0n) is 11.2. The summed E-state index contributed by atoms with van der Waals surface area (Å²) in [4.78, 5) is 12.3. The van der Waals surface area contributed by atoms with Crippen LogP contribution in [-0.2, 0) is 13.1 Å². The van der Waals surface area contributed by atoms with Gasteiger partial charge in [0.05, 0.1) is 17.8 Å². The van der Waals surface area contributed by atoms with E-state index in [4.69, 9.17) is 16.0 Å². The standard InChI is InChI=1S/C14H16ClN3O2/c1-9-2-5-11(20-9)6-16-13-12(15)7-17-18(14(13)19)8-10-3-4-10/h2,5,7,10,16H,3-4,6,8H2,1H3. The molecule has 0 aliphatic heterocycles. The van der Waals surface area contributed by atoms with Crippen molar-refractivity contribution in [2.45, 2.75) is 32.9 Å². The Morgan fingerprint density at radius 1 is 1.50 bits per heavy atom. The van der Waals surface area contributed by atoms with Crippen molar-refractivity contribution < 1.29 is 4.42 Å². The van der Waals surface area contributed by atoms with Crippen LogP contribution in [0.4, 0.5) is 5.69 Å². The third kappa shape index (κ3) is 2.88. The molecule has 0 saturated heterocycles. The van der Waals surface area contributed by atoms with Gasteiger partial charge in [0, 0.05) is 6.54 Å². The molecule has 0 amide bonds. The molecule has 2 heterocycles. The highest BCUT2D eigenvalue weighted by Gasteiger charge is 2.23. The van der Waals surface area contributed by atoms with Crippen molar-refractivity contribution in [1.82, 2.24) is 9.78 Å². The molecule has 0 spiro atoms. The van der Waals surface area contributed by atoms with Gasteiger partial charge in [-0.25, -0.2) is 4.68 Å². The molecule has 5 nitrogen and oxygen atoms in total. The summed E-state index contributed by atoms with van der Waals surface area (Å²) in [5.41, 5.74) is 0.212. The van der Waals surface area contributed by atoms with Gasteiger partial charge in [-0.1, -0.05) is 11.6 Å².